The van der Waals surface area contributed by atoms with Gasteiger partial charge in [-0.1, -0.05) is 212 Å². The molecule has 330 valence electrons. The summed E-state index contributed by atoms with van der Waals surface area (Å²) in [4.78, 5) is 13.2. The third kappa shape index (κ3) is 6.90. The number of allylic oxidation sites excluding steroid dienone is 6. The van der Waals surface area contributed by atoms with Crippen LogP contribution >= 0.6 is 0 Å². The smallest absolute Gasteiger partial charge is 0.179 e. The number of benzene rings is 8. The Kier molecular flexibility index (Phi) is 10.1. The summed E-state index contributed by atoms with van der Waals surface area (Å²) in [6.45, 7) is 0. The minimum absolute atomic E-state index is 0.0211. The Bertz CT molecular complexity index is 3440. The lowest BCUT2D eigenvalue weighted by Crippen LogP contribution is -2.68. The maximum Gasteiger partial charge on any atom is 0.179 e. The van der Waals surface area contributed by atoms with Gasteiger partial charge in [0.25, 0.3) is 0 Å². The topological polar surface area (TPSA) is 44.9 Å². The summed E-state index contributed by atoms with van der Waals surface area (Å²) in [6.07, 6.45) is 16.3. The number of fused-ring (bicyclic) bond motifs is 6. The van der Waals surface area contributed by atoms with Crippen molar-refractivity contribution in [2.75, 3.05) is 4.90 Å². The van der Waals surface area contributed by atoms with Crippen LogP contribution in [-0.2, 0) is 0 Å². The molecule has 4 aliphatic rings. The van der Waals surface area contributed by atoms with E-state index in [1.54, 1.807) is 0 Å². The van der Waals surface area contributed by atoms with Crippen molar-refractivity contribution >= 4 is 74.2 Å². The molecular weight excluding hydrogens is 855 g/mol. The van der Waals surface area contributed by atoms with Gasteiger partial charge in [0.1, 0.15) is 11.7 Å². The van der Waals surface area contributed by atoms with Gasteiger partial charge in [-0.2, -0.15) is 0 Å². The first kappa shape index (κ1) is 40.9. The van der Waals surface area contributed by atoms with Crippen LogP contribution < -0.4 is 25.8 Å². The average Bonchev–Trinajstić information content (AvgIpc) is 3.93. The summed E-state index contributed by atoms with van der Waals surface area (Å²) >= 11 is 0. The van der Waals surface area contributed by atoms with Crippen molar-refractivity contribution in [2.45, 2.75) is 31.0 Å². The molecule has 1 aromatic heterocycles. The first-order chi connectivity index (χ1) is 34.2. The van der Waals surface area contributed by atoms with Gasteiger partial charge in [-0.15, -0.1) is 0 Å². The molecule has 0 spiro atoms. The molecule has 0 bridgehead atoms. The fourth-order valence-corrected chi connectivity index (χ4v) is 16.3. The molecule has 0 amide bonds. The first-order valence-electron chi connectivity index (χ1n) is 24.2. The Morgan fingerprint density at radius 3 is 1.72 bits per heavy atom. The lowest BCUT2D eigenvalue weighted by Gasteiger charge is -2.38. The quantitative estimate of drug-likeness (QED) is 0.116. The zero-order valence-corrected chi connectivity index (χ0v) is 39.1. The van der Waals surface area contributed by atoms with Crippen molar-refractivity contribution in [3.63, 3.8) is 0 Å². The summed E-state index contributed by atoms with van der Waals surface area (Å²) < 4.78 is 2.49. The maximum atomic E-state index is 5.31. The fraction of sp³-hybridized carbons (Fsp3) is 0.0794. The summed E-state index contributed by atoms with van der Waals surface area (Å²) in [5.41, 5.74) is 10.4. The number of aliphatic imine (C=N–C) groups is 2. The zero-order chi connectivity index (χ0) is 45.7. The highest BCUT2D eigenvalue weighted by atomic mass is 28.3. The molecule has 0 fully saturated rings. The molecule has 3 heterocycles. The molecule has 13 rings (SSSR count). The number of amidine groups is 2. The second kappa shape index (κ2) is 17.1. The van der Waals surface area contributed by atoms with Crippen molar-refractivity contribution < 1.29 is 0 Å². The van der Waals surface area contributed by atoms with Gasteiger partial charge >= 0.3 is 0 Å². The number of hydrogen-bond acceptors (Lipinski definition) is 4. The van der Waals surface area contributed by atoms with Gasteiger partial charge < -0.3 is 14.8 Å². The van der Waals surface area contributed by atoms with E-state index in [2.05, 4.69) is 251 Å². The van der Waals surface area contributed by atoms with Crippen LogP contribution in [0, 0.1) is 0 Å². The highest BCUT2D eigenvalue weighted by Gasteiger charge is 2.47. The standard InChI is InChI=1S/C63H49N5Si/c1-7-22-44(23-8-1)61-64-62(45-24-9-2-10-25-45)66-63(65-61)46-26-21-29-48(40-46)68-58-39-38-52(69(49-30-13-4-14-31-49,50-32-15-5-16-33-50)51-34-17-6-18-35-51)41-54(58)56-42-55-53-36-19-20-37-57(53)67(59(55)43-60(56)68)47-27-11-3-12-28-47/h1-2,4-11,13-43,54,58,63H,3,12H2,(H,64,65,66). The monoisotopic (exact) mass is 903 g/mol. The van der Waals surface area contributed by atoms with E-state index in [-0.39, 0.29) is 12.0 Å². The molecule has 2 atom stereocenters. The van der Waals surface area contributed by atoms with Crippen LogP contribution in [0.15, 0.2) is 264 Å². The van der Waals surface area contributed by atoms with Gasteiger partial charge in [-0.3, -0.25) is 0 Å². The van der Waals surface area contributed by atoms with Gasteiger partial charge in [0.15, 0.2) is 14.2 Å². The number of nitrogens with zero attached hydrogens (tertiary/aromatic N) is 4. The van der Waals surface area contributed by atoms with Crippen molar-refractivity contribution in [1.82, 2.24) is 9.88 Å². The van der Waals surface area contributed by atoms with E-state index in [9.17, 15) is 0 Å². The number of aromatic nitrogens is 1. The molecule has 1 N–H and O–H groups in total. The third-order valence-electron chi connectivity index (χ3n) is 14.5. The van der Waals surface area contributed by atoms with E-state index in [1.165, 1.54) is 59.5 Å². The van der Waals surface area contributed by atoms with Crippen molar-refractivity contribution in [2.24, 2.45) is 9.98 Å². The number of rotatable bonds is 9. The lowest BCUT2D eigenvalue weighted by molar-refractivity contribution is 0.736. The van der Waals surface area contributed by atoms with E-state index >= 15 is 0 Å². The molecule has 5 nitrogen and oxygen atoms in total. The second-order valence-electron chi connectivity index (χ2n) is 18.4. The van der Waals surface area contributed by atoms with Gasteiger partial charge in [-0.25, -0.2) is 9.98 Å². The van der Waals surface area contributed by atoms with E-state index in [0.29, 0.717) is 0 Å². The summed E-state index contributed by atoms with van der Waals surface area (Å²) in [5.74, 6) is 1.68. The first-order valence-corrected chi connectivity index (χ1v) is 26.2. The largest absolute Gasteiger partial charge is 0.333 e. The van der Waals surface area contributed by atoms with Gasteiger partial charge in [0.2, 0.25) is 0 Å². The lowest BCUT2D eigenvalue weighted by atomic mass is 9.90. The van der Waals surface area contributed by atoms with Crippen LogP contribution in [0.5, 0.6) is 0 Å². The molecule has 69 heavy (non-hydrogen) atoms. The van der Waals surface area contributed by atoms with Crippen LogP contribution in [0.1, 0.15) is 47.2 Å². The third-order valence-corrected chi connectivity index (χ3v) is 19.3. The highest BCUT2D eigenvalue weighted by molar-refractivity contribution is 7.16. The van der Waals surface area contributed by atoms with Crippen molar-refractivity contribution in [3.8, 4) is 0 Å². The van der Waals surface area contributed by atoms with Crippen LogP contribution in [0.2, 0.25) is 0 Å². The van der Waals surface area contributed by atoms with Crippen LogP contribution in [0.25, 0.3) is 27.5 Å². The maximum absolute atomic E-state index is 5.31. The Hall–Kier alpha value is -8.32. The minimum atomic E-state index is -2.82. The molecule has 9 aromatic rings. The van der Waals surface area contributed by atoms with Crippen molar-refractivity contribution in [3.05, 3.63) is 276 Å². The van der Waals surface area contributed by atoms with E-state index in [0.717, 1.165) is 46.9 Å². The Morgan fingerprint density at radius 1 is 0.522 bits per heavy atom. The molecule has 6 heteroatoms. The van der Waals surface area contributed by atoms with Gasteiger partial charge in [-0.05, 0) is 75.6 Å². The number of anilines is 2. The predicted octanol–water partition coefficient (Wildman–Crippen LogP) is 12.3. The van der Waals surface area contributed by atoms with Crippen LogP contribution in [0.3, 0.4) is 0 Å². The average molecular weight is 904 g/mol. The predicted molar refractivity (Wildman–Crippen MR) is 290 cm³/mol. The van der Waals surface area contributed by atoms with Crippen LogP contribution in [-0.4, -0.2) is 30.4 Å². The Labute approximate surface area is 404 Å². The number of nitrogens with one attached hydrogen (secondary N) is 1. The number of hydrogen-bond donors (Lipinski definition) is 1. The van der Waals surface area contributed by atoms with Crippen LogP contribution in [0.4, 0.5) is 11.4 Å². The molecule has 2 aliphatic carbocycles. The normalized spacial score (nSPS) is 17.7. The molecule has 0 saturated carbocycles. The van der Waals surface area contributed by atoms with E-state index in [4.69, 9.17) is 9.98 Å². The molecule has 2 aliphatic heterocycles. The summed E-state index contributed by atoms with van der Waals surface area (Å²) in [5, 5.41) is 11.7. The molecule has 0 radical (unpaired) electrons. The van der Waals surface area contributed by atoms with Gasteiger partial charge in [0.05, 0.1) is 17.1 Å². The number of para-hydroxylation sites is 1. The van der Waals surface area contributed by atoms with E-state index < -0.39 is 14.2 Å². The minimum Gasteiger partial charge on any atom is -0.333 e. The second-order valence-corrected chi connectivity index (χ2v) is 22.2. The molecular formula is C63H49N5Si. The van der Waals surface area contributed by atoms with Crippen molar-refractivity contribution in [1.29, 1.82) is 0 Å². The van der Waals surface area contributed by atoms with Gasteiger partial charge in [0, 0.05) is 50.5 Å². The summed E-state index contributed by atoms with van der Waals surface area (Å²) in [7, 11) is -2.82. The summed E-state index contributed by atoms with van der Waals surface area (Å²) in [6, 6.07) is 77.6. The Morgan fingerprint density at radius 2 is 1.12 bits per heavy atom. The molecule has 2 unspecified atom stereocenters. The van der Waals surface area contributed by atoms with E-state index in [1.807, 2.05) is 12.1 Å². The fourth-order valence-electron chi connectivity index (χ4n) is 11.4. The SMILES string of the molecule is C1=CC(n2c3ccccc3c3cc4c(cc32)N(c2cccc(C3N=C(c5ccccc5)NC(c5ccccc5)=N3)c2)C2C=CC([Si](c3ccccc3)(c3ccccc3)c3ccccc3)=CC42)=CCC1. The Balaban J connectivity index is 1.03. The zero-order valence-electron chi connectivity index (χ0n) is 38.1. The highest BCUT2D eigenvalue weighted by Crippen LogP contribution is 2.52. The molecule has 0 saturated heterocycles. The molecule has 8 aromatic carbocycles.